The topological polar surface area (TPSA) is 20.3 Å². The van der Waals surface area contributed by atoms with Crippen LogP contribution in [0.5, 0.6) is 0 Å². The normalized spacial score (nSPS) is 19.1. The van der Waals surface area contributed by atoms with E-state index in [9.17, 15) is 4.79 Å². The van der Waals surface area contributed by atoms with Crippen LogP contribution in [0.25, 0.3) is 0 Å². The van der Waals surface area contributed by atoms with Crippen molar-refractivity contribution in [1.29, 1.82) is 0 Å². The molecule has 0 radical (unpaired) electrons. The van der Waals surface area contributed by atoms with Gasteiger partial charge in [0.1, 0.15) is 0 Å². The zero-order chi connectivity index (χ0) is 8.27. The summed E-state index contributed by atoms with van der Waals surface area (Å²) in [5.74, 6) is 0.148. The van der Waals surface area contributed by atoms with Gasteiger partial charge in [-0.25, -0.2) is 0 Å². The SMILES string of the molecule is CC(=O)/C=C(/C)N1CCCC1. The highest BCUT2D eigenvalue weighted by molar-refractivity contribution is 5.87. The van der Waals surface area contributed by atoms with Gasteiger partial charge in [0.2, 0.25) is 0 Å². The van der Waals surface area contributed by atoms with E-state index in [1.165, 1.54) is 12.8 Å². The van der Waals surface area contributed by atoms with Crippen LogP contribution in [0.2, 0.25) is 0 Å². The lowest BCUT2D eigenvalue weighted by Gasteiger charge is -2.17. The molecule has 1 aliphatic rings. The second-order valence-corrected chi connectivity index (χ2v) is 3.09. The molecule has 2 heteroatoms. The van der Waals surface area contributed by atoms with Gasteiger partial charge in [-0.1, -0.05) is 0 Å². The van der Waals surface area contributed by atoms with Crippen LogP contribution in [0.1, 0.15) is 26.7 Å². The van der Waals surface area contributed by atoms with Crippen molar-refractivity contribution in [1.82, 2.24) is 4.90 Å². The summed E-state index contributed by atoms with van der Waals surface area (Å²) in [6.07, 6.45) is 4.25. The van der Waals surface area contributed by atoms with Crippen molar-refractivity contribution in [2.24, 2.45) is 0 Å². The van der Waals surface area contributed by atoms with Gasteiger partial charge >= 0.3 is 0 Å². The molecule has 2 nitrogen and oxygen atoms in total. The second-order valence-electron chi connectivity index (χ2n) is 3.09. The maximum atomic E-state index is 10.7. The van der Waals surface area contributed by atoms with E-state index in [0.29, 0.717) is 0 Å². The van der Waals surface area contributed by atoms with Gasteiger partial charge < -0.3 is 4.90 Å². The summed E-state index contributed by atoms with van der Waals surface area (Å²) in [6.45, 7) is 5.84. The fraction of sp³-hybridized carbons (Fsp3) is 0.667. The van der Waals surface area contributed by atoms with Crippen LogP contribution in [0.3, 0.4) is 0 Å². The molecule has 0 aromatic carbocycles. The minimum Gasteiger partial charge on any atom is -0.375 e. The first kappa shape index (κ1) is 8.31. The molecule has 0 aromatic heterocycles. The molecule has 1 rings (SSSR count). The van der Waals surface area contributed by atoms with Gasteiger partial charge in [-0.3, -0.25) is 4.79 Å². The molecule has 0 aliphatic carbocycles. The zero-order valence-electron chi connectivity index (χ0n) is 7.26. The Morgan fingerprint density at radius 1 is 1.27 bits per heavy atom. The molecule has 0 aromatic rings. The lowest BCUT2D eigenvalue weighted by molar-refractivity contribution is -0.112. The fourth-order valence-corrected chi connectivity index (χ4v) is 1.46. The molecule has 1 saturated heterocycles. The first-order valence-electron chi connectivity index (χ1n) is 4.14. The summed E-state index contributed by atoms with van der Waals surface area (Å²) in [6, 6.07) is 0. The van der Waals surface area contributed by atoms with E-state index in [4.69, 9.17) is 0 Å². The Morgan fingerprint density at radius 2 is 1.82 bits per heavy atom. The molecule has 1 fully saturated rings. The monoisotopic (exact) mass is 153 g/mol. The van der Waals surface area contributed by atoms with E-state index in [1.807, 2.05) is 6.92 Å². The summed E-state index contributed by atoms with van der Waals surface area (Å²) in [4.78, 5) is 13.0. The Kier molecular flexibility index (Phi) is 2.69. The van der Waals surface area contributed by atoms with Crippen LogP contribution in [-0.4, -0.2) is 23.8 Å². The van der Waals surface area contributed by atoms with Crippen LogP contribution in [0.4, 0.5) is 0 Å². The molecule has 1 heterocycles. The first-order valence-corrected chi connectivity index (χ1v) is 4.14. The molecular formula is C9H15NO. The molecular weight excluding hydrogens is 138 g/mol. The van der Waals surface area contributed by atoms with Crippen LogP contribution < -0.4 is 0 Å². The first-order chi connectivity index (χ1) is 5.20. The Bertz CT molecular complexity index is 178. The minimum absolute atomic E-state index is 0.148. The molecule has 0 unspecified atom stereocenters. The predicted octanol–water partition coefficient (Wildman–Crippen LogP) is 1.57. The Morgan fingerprint density at radius 3 is 2.27 bits per heavy atom. The number of allylic oxidation sites excluding steroid dienone is 2. The van der Waals surface area contributed by atoms with Gasteiger partial charge in [0.25, 0.3) is 0 Å². The lowest BCUT2D eigenvalue weighted by atomic mass is 10.3. The third-order valence-corrected chi connectivity index (χ3v) is 2.02. The van der Waals surface area contributed by atoms with Gasteiger partial charge in [-0.15, -0.1) is 0 Å². The van der Waals surface area contributed by atoms with E-state index in [2.05, 4.69) is 4.90 Å². The molecule has 0 atom stereocenters. The molecule has 1 aliphatic heterocycles. The van der Waals surface area contributed by atoms with Crippen molar-refractivity contribution >= 4 is 5.78 Å². The molecule has 0 bridgehead atoms. The quantitative estimate of drug-likeness (QED) is 0.561. The zero-order valence-corrected chi connectivity index (χ0v) is 7.26. The number of ketones is 1. The number of rotatable bonds is 2. The van der Waals surface area contributed by atoms with Crippen molar-refractivity contribution in [3.8, 4) is 0 Å². The summed E-state index contributed by atoms with van der Waals surface area (Å²) in [5.41, 5.74) is 1.12. The maximum absolute atomic E-state index is 10.7. The highest BCUT2D eigenvalue weighted by Crippen LogP contribution is 2.13. The molecule has 62 valence electrons. The summed E-state index contributed by atoms with van der Waals surface area (Å²) in [7, 11) is 0. The number of carbonyl (C=O) groups excluding carboxylic acids is 1. The highest BCUT2D eigenvalue weighted by Gasteiger charge is 2.11. The Balaban J connectivity index is 2.51. The molecule has 0 N–H and O–H groups in total. The van der Waals surface area contributed by atoms with Gasteiger partial charge in [0, 0.05) is 18.8 Å². The summed E-state index contributed by atoms with van der Waals surface area (Å²) < 4.78 is 0. The van der Waals surface area contributed by atoms with Crippen molar-refractivity contribution in [3.63, 3.8) is 0 Å². The second kappa shape index (κ2) is 3.56. The van der Waals surface area contributed by atoms with Crippen LogP contribution in [0, 0.1) is 0 Å². The van der Waals surface area contributed by atoms with Gasteiger partial charge in [0.15, 0.2) is 5.78 Å². The van der Waals surface area contributed by atoms with Crippen molar-refractivity contribution in [3.05, 3.63) is 11.8 Å². The van der Waals surface area contributed by atoms with Crippen molar-refractivity contribution in [2.75, 3.05) is 13.1 Å². The van der Waals surface area contributed by atoms with Gasteiger partial charge in [-0.05, 0) is 32.8 Å². The standard InChI is InChI=1S/C9H15NO/c1-8(7-9(2)11)10-5-3-4-6-10/h7H,3-6H2,1-2H3/b8-7-. The van der Waals surface area contributed by atoms with E-state index < -0.39 is 0 Å². The van der Waals surface area contributed by atoms with E-state index in [1.54, 1.807) is 13.0 Å². The third-order valence-electron chi connectivity index (χ3n) is 2.02. The maximum Gasteiger partial charge on any atom is 0.154 e. The van der Waals surface area contributed by atoms with Gasteiger partial charge in [0.05, 0.1) is 0 Å². The largest absolute Gasteiger partial charge is 0.375 e. The number of carbonyl (C=O) groups is 1. The van der Waals surface area contributed by atoms with E-state index >= 15 is 0 Å². The average molecular weight is 153 g/mol. The van der Waals surface area contributed by atoms with Crippen molar-refractivity contribution in [2.45, 2.75) is 26.7 Å². The van der Waals surface area contributed by atoms with Crippen LogP contribution >= 0.6 is 0 Å². The van der Waals surface area contributed by atoms with E-state index in [-0.39, 0.29) is 5.78 Å². The molecule has 11 heavy (non-hydrogen) atoms. The molecule has 0 saturated carbocycles. The number of likely N-dealkylation sites (tertiary alicyclic amines) is 1. The lowest BCUT2D eigenvalue weighted by Crippen LogP contribution is -2.17. The van der Waals surface area contributed by atoms with E-state index in [0.717, 1.165) is 18.8 Å². The van der Waals surface area contributed by atoms with Gasteiger partial charge in [-0.2, -0.15) is 0 Å². The molecule has 0 amide bonds. The Labute approximate surface area is 67.9 Å². The smallest absolute Gasteiger partial charge is 0.154 e. The predicted molar refractivity (Wildman–Crippen MR) is 45.2 cm³/mol. The van der Waals surface area contributed by atoms with Crippen molar-refractivity contribution < 1.29 is 4.79 Å². The fourth-order valence-electron chi connectivity index (χ4n) is 1.46. The summed E-state index contributed by atoms with van der Waals surface area (Å²) in [5, 5.41) is 0. The average Bonchev–Trinajstić information content (AvgIpc) is 2.35. The van der Waals surface area contributed by atoms with Crippen LogP contribution in [-0.2, 0) is 4.79 Å². The van der Waals surface area contributed by atoms with Crippen LogP contribution in [0.15, 0.2) is 11.8 Å². The number of hydrogen-bond acceptors (Lipinski definition) is 2. The summed E-state index contributed by atoms with van der Waals surface area (Å²) >= 11 is 0. The minimum atomic E-state index is 0.148. The Hall–Kier alpha value is -0.790. The molecule has 0 spiro atoms. The number of hydrogen-bond donors (Lipinski definition) is 0. The highest BCUT2D eigenvalue weighted by atomic mass is 16.1. The number of nitrogens with zero attached hydrogens (tertiary/aromatic N) is 1. The third kappa shape index (κ3) is 2.37.